The number of nitrogens with zero attached hydrogens (tertiary/aromatic N) is 2. The molecule has 0 aliphatic carbocycles. The van der Waals surface area contributed by atoms with Gasteiger partial charge in [0, 0.05) is 5.69 Å². The fourth-order valence-corrected chi connectivity index (χ4v) is 3.02. The molecular weight excluding hydrogens is 274 g/mol. The first-order chi connectivity index (χ1) is 9.66. The number of hydrogen-bond acceptors (Lipinski definition) is 5. The standard InChI is InChI=1S/C14H11N3O2S/c1-8-10-12(17-9-5-3-2-4-6-9)15-7-16-13(10)20-11(8)14(18)19/h2-7H,1H3,(H,18,19)(H,15,16,17). The Hall–Kier alpha value is -2.47. The topological polar surface area (TPSA) is 75.1 Å². The summed E-state index contributed by atoms with van der Waals surface area (Å²) in [6, 6.07) is 9.62. The van der Waals surface area contributed by atoms with Crippen LogP contribution in [0.5, 0.6) is 0 Å². The van der Waals surface area contributed by atoms with Crippen molar-refractivity contribution in [1.82, 2.24) is 9.97 Å². The van der Waals surface area contributed by atoms with Gasteiger partial charge in [0.25, 0.3) is 0 Å². The number of hydrogen-bond donors (Lipinski definition) is 2. The first-order valence-corrected chi connectivity index (χ1v) is 6.78. The molecule has 0 spiro atoms. The van der Waals surface area contributed by atoms with E-state index in [2.05, 4.69) is 15.3 Å². The Morgan fingerprint density at radius 1 is 1.25 bits per heavy atom. The highest BCUT2D eigenvalue weighted by atomic mass is 32.1. The second-order valence-electron chi connectivity index (χ2n) is 4.25. The van der Waals surface area contributed by atoms with Gasteiger partial charge >= 0.3 is 5.97 Å². The summed E-state index contributed by atoms with van der Waals surface area (Å²) in [5.41, 5.74) is 1.59. The molecule has 0 saturated carbocycles. The molecule has 3 rings (SSSR count). The molecule has 0 radical (unpaired) electrons. The molecule has 0 aliphatic rings. The quantitative estimate of drug-likeness (QED) is 0.771. The van der Waals surface area contributed by atoms with Crippen molar-refractivity contribution >= 4 is 39.0 Å². The SMILES string of the molecule is Cc1c(C(=O)O)sc2ncnc(Nc3ccccc3)c12. The molecule has 0 amide bonds. The normalized spacial score (nSPS) is 10.7. The van der Waals surface area contributed by atoms with Crippen molar-refractivity contribution in [1.29, 1.82) is 0 Å². The van der Waals surface area contributed by atoms with E-state index in [0.717, 1.165) is 11.1 Å². The van der Waals surface area contributed by atoms with Crippen molar-refractivity contribution in [3.8, 4) is 0 Å². The van der Waals surface area contributed by atoms with Crippen LogP contribution in [-0.2, 0) is 0 Å². The number of benzene rings is 1. The number of aryl methyl sites for hydroxylation is 1. The minimum atomic E-state index is -0.934. The van der Waals surface area contributed by atoms with Gasteiger partial charge in [-0.05, 0) is 24.6 Å². The highest BCUT2D eigenvalue weighted by molar-refractivity contribution is 7.20. The molecule has 6 heteroatoms. The van der Waals surface area contributed by atoms with Crippen molar-refractivity contribution < 1.29 is 9.90 Å². The van der Waals surface area contributed by atoms with Crippen LogP contribution in [0.4, 0.5) is 11.5 Å². The number of anilines is 2. The third kappa shape index (κ3) is 2.10. The average molecular weight is 285 g/mol. The van der Waals surface area contributed by atoms with Gasteiger partial charge in [-0.2, -0.15) is 0 Å². The van der Waals surface area contributed by atoms with Gasteiger partial charge in [0.15, 0.2) is 0 Å². The molecule has 0 unspecified atom stereocenters. The summed E-state index contributed by atoms with van der Waals surface area (Å²) in [7, 11) is 0. The lowest BCUT2D eigenvalue weighted by Gasteiger charge is -2.06. The van der Waals surface area contributed by atoms with Gasteiger partial charge in [0.05, 0.1) is 5.39 Å². The van der Waals surface area contributed by atoms with E-state index in [0.29, 0.717) is 21.1 Å². The van der Waals surface area contributed by atoms with E-state index >= 15 is 0 Å². The highest BCUT2D eigenvalue weighted by Gasteiger charge is 2.18. The first-order valence-electron chi connectivity index (χ1n) is 5.96. The number of carbonyl (C=O) groups is 1. The van der Waals surface area contributed by atoms with Crippen LogP contribution in [0.15, 0.2) is 36.7 Å². The summed E-state index contributed by atoms with van der Waals surface area (Å²) in [6.07, 6.45) is 1.44. The van der Waals surface area contributed by atoms with Crippen molar-refractivity contribution in [2.75, 3.05) is 5.32 Å². The van der Waals surface area contributed by atoms with Crippen LogP contribution in [-0.4, -0.2) is 21.0 Å². The zero-order chi connectivity index (χ0) is 14.1. The van der Waals surface area contributed by atoms with Crippen LogP contribution in [0.25, 0.3) is 10.2 Å². The predicted molar refractivity (Wildman–Crippen MR) is 78.8 cm³/mol. The summed E-state index contributed by atoms with van der Waals surface area (Å²) < 4.78 is 0. The molecule has 1 aromatic carbocycles. The van der Waals surface area contributed by atoms with Crippen LogP contribution in [0.1, 0.15) is 15.2 Å². The number of aromatic carboxylic acids is 1. The monoisotopic (exact) mass is 285 g/mol. The number of para-hydroxylation sites is 1. The molecule has 0 fully saturated rings. The lowest BCUT2D eigenvalue weighted by Crippen LogP contribution is -1.97. The number of aromatic nitrogens is 2. The summed E-state index contributed by atoms with van der Waals surface area (Å²) in [6.45, 7) is 1.78. The van der Waals surface area contributed by atoms with E-state index in [1.807, 2.05) is 30.3 Å². The van der Waals surface area contributed by atoms with Gasteiger partial charge in [0.1, 0.15) is 21.9 Å². The minimum absolute atomic E-state index is 0.302. The maximum atomic E-state index is 11.2. The summed E-state index contributed by atoms with van der Waals surface area (Å²) in [5.74, 6) is -0.307. The molecule has 2 aromatic heterocycles. The Morgan fingerprint density at radius 3 is 2.70 bits per heavy atom. The number of carboxylic acid groups (broad SMARTS) is 1. The van der Waals surface area contributed by atoms with E-state index in [4.69, 9.17) is 0 Å². The van der Waals surface area contributed by atoms with Gasteiger partial charge in [-0.1, -0.05) is 18.2 Å². The molecular formula is C14H11N3O2S. The third-order valence-electron chi connectivity index (χ3n) is 2.96. The van der Waals surface area contributed by atoms with Crippen molar-refractivity contribution in [2.24, 2.45) is 0 Å². The maximum Gasteiger partial charge on any atom is 0.346 e. The molecule has 2 heterocycles. The minimum Gasteiger partial charge on any atom is -0.477 e. The molecule has 0 bridgehead atoms. The lowest BCUT2D eigenvalue weighted by atomic mass is 10.2. The van der Waals surface area contributed by atoms with Gasteiger partial charge in [0.2, 0.25) is 0 Å². The molecule has 3 aromatic rings. The smallest absolute Gasteiger partial charge is 0.346 e. The molecule has 0 atom stereocenters. The van der Waals surface area contributed by atoms with Crippen molar-refractivity contribution in [2.45, 2.75) is 6.92 Å². The Bertz CT molecular complexity index is 784. The van der Waals surface area contributed by atoms with E-state index in [9.17, 15) is 9.90 Å². The van der Waals surface area contributed by atoms with Gasteiger partial charge in [-0.3, -0.25) is 0 Å². The van der Waals surface area contributed by atoms with Crippen molar-refractivity contribution in [3.05, 3.63) is 47.1 Å². The Labute approximate surface area is 118 Å². The zero-order valence-electron chi connectivity index (χ0n) is 10.6. The van der Waals surface area contributed by atoms with Crippen LogP contribution < -0.4 is 5.32 Å². The van der Waals surface area contributed by atoms with Crippen LogP contribution >= 0.6 is 11.3 Å². The average Bonchev–Trinajstić information content (AvgIpc) is 2.79. The molecule has 20 heavy (non-hydrogen) atoms. The molecule has 5 nitrogen and oxygen atoms in total. The van der Waals surface area contributed by atoms with Crippen molar-refractivity contribution in [3.63, 3.8) is 0 Å². The van der Waals surface area contributed by atoms with E-state index in [1.165, 1.54) is 17.7 Å². The fourth-order valence-electron chi connectivity index (χ4n) is 2.03. The number of rotatable bonds is 3. The van der Waals surface area contributed by atoms with Crippen LogP contribution in [0.2, 0.25) is 0 Å². The lowest BCUT2D eigenvalue weighted by molar-refractivity contribution is 0.0701. The molecule has 2 N–H and O–H groups in total. The highest BCUT2D eigenvalue weighted by Crippen LogP contribution is 2.34. The zero-order valence-corrected chi connectivity index (χ0v) is 11.4. The Kier molecular flexibility index (Phi) is 3.08. The summed E-state index contributed by atoms with van der Waals surface area (Å²) >= 11 is 1.17. The first kappa shape index (κ1) is 12.6. The summed E-state index contributed by atoms with van der Waals surface area (Å²) in [5, 5.41) is 13.2. The van der Waals surface area contributed by atoms with Gasteiger partial charge in [-0.25, -0.2) is 14.8 Å². The second-order valence-corrected chi connectivity index (χ2v) is 5.25. The third-order valence-corrected chi connectivity index (χ3v) is 4.15. The number of fused-ring (bicyclic) bond motifs is 1. The maximum absolute atomic E-state index is 11.2. The fraction of sp³-hybridized carbons (Fsp3) is 0.0714. The Balaban J connectivity index is 2.14. The number of nitrogens with one attached hydrogen (secondary N) is 1. The van der Waals surface area contributed by atoms with Gasteiger partial charge < -0.3 is 10.4 Å². The van der Waals surface area contributed by atoms with E-state index in [-0.39, 0.29) is 0 Å². The summed E-state index contributed by atoms with van der Waals surface area (Å²) in [4.78, 5) is 20.6. The van der Waals surface area contributed by atoms with Crippen LogP contribution in [0.3, 0.4) is 0 Å². The molecule has 0 saturated heterocycles. The largest absolute Gasteiger partial charge is 0.477 e. The Morgan fingerprint density at radius 2 is 2.00 bits per heavy atom. The predicted octanol–water partition coefficient (Wildman–Crippen LogP) is 3.44. The number of thiophene rings is 1. The molecule has 0 aliphatic heterocycles. The van der Waals surface area contributed by atoms with Crippen LogP contribution in [0, 0.1) is 6.92 Å². The van der Waals surface area contributed by atoms with E-state index in [1.54, 1.807) is 6.92 Å². The molecule has 100 valence electrons. The van der Waals surface area contributed by atoms with E-state index < -0.39 is 5.97 Å². The van der Waals surface area contributed by atoms with Gasteiger partial charge in [-0.15, -0.1) is 11.3 Å². The second kappa shape index (κ2) is 4.90. The number of carboxylic acids is 1.